The number of methoxy groups -OCH3 is 1. The highest BCUT2D eigenvalue weighted by Gasteiger charge is 2.31. The van der Waals surface area contributed by atoms with Gasteiger partial charge in [0, 0.05) is 58.2 Å². The maximum atomic E-state index is 12.9. The number of ether oxygens (including phenoxy) is 1. The zero-order valence-corrected chi connectivity index (χ0v) is 18.6. The Morgan fingerprint density at radius 3 is 2.42 bits per heavy atom. The highest BCUT2D eigenvalue weighted by atomic mass is 32.2. The number of aromatic amines is 1. The Morgan fingerprint density at radius 1 is 1.19 bits per heavy atom. The molecule has 2 N–H and O–H groups in total. The molecule has 1 saturated heterocycles. The summed E-state index contributed by atoms with van der Waals surface area (Å²) in [5.74, 6) is -1.03. The fourth-order valence-corrected chi connectivity index (χ4v) is 4.20. The van der Waals surface area contributed by atoms with Crippen LogP contribution in [0.4, 0.5) is 0 Å². The lowest BCUT2D eigenvalue weighted by Gasteiger charge is -2.34. The highest BCUT2D eigenvalue weighted by Crippen LogP contribution is 2.22. The molecule has 0 unspecified atom stereocenters. The molecule has 0 bridgehead atoms. The number of hydrogen-bond donors (Lipinski definition) is 2. The summed E-state index contributed by atoms with van der Waals surface area (Å²) < 4.78 is 27.8. The van der Waals surface area contributed by atoms with Gasteiger partial charge in [-0.1, -0.05) is 0 Å². The smallest absolute Gasteiger partial charge is 0.290 e. The Morgan fingerprint density at radius 2 is 1.84 bits per heavy atom. The Labute approximate surface area is 181 Å². The first-order chi connectivity index (χ1) is 14.7. The molecule has 2 aliphatic heterocycles. The van der Waals surface area contributed by atoms with Gasteiger partial charge in [-0.3, -0.25) is 24.4 Å². The number of nitrogens with one attached hydrogen (secondary N) is 1. The molecule has 0 atom stereocenters. The van der Waals surface area contributed by atoms with Gasteiger partial charge in [-0.2, -0.15) is 5.10 Å². The number of aromatic nitrogens is 2. The van der Waals surface area contributed by atoms with Crippen molar-refractivity contribution in [2.24, 2.45) is 0 Å². The van der Waals surface area contributed by atoms with E-state index in [1.165, 1.54) is 4.90 Å². The summed E-state index contributed by atoms with van der Waals surface area (Å²) in [5.41, 5.74) is 1.95. The molecule has 0 aliphatic carbocycles. The fourth-order valence-electron chi connectivity index (χ4n) is 3.57. The van der Waals surface area contributed by atoms with Gasteiger partial charge < -0.3 is 19.6 Å². The number of amides is 2. The highest BCUT2D eigenvalue weighted by molar-refractivity contribution is 7.91. The normalized spacial score (nSPS) is 16.8. The van der Waals surface area contributed by atoms with Crippen LogP contribution in [0.2, 0.25) is 0 Å². The third-order valence-corrected chi connectivity index (χ3v) is 5.92. The van der Waals surface area contributed by atoms with Crippen LogP contribution in [0.5, 0.6) is 0 Å². The van der Waals surface area contributed by atoms with Crippen LogP contribution >= 0.6 is 0 Å². The molecule has 1 fully saturated rings. The zero-order valence-electron chi connectivity index (χ0n) is 17.7. The number of fused-ring (bicyclic) bond motifs is 1. The quantitative estimate of drug-likeness (QED) is 0.481. The third kappa shape index (κ3) is 7.01. The molecule has 3 heterocycles. The van der Waals surface area contributed by atoms with Crippen molar-refractivity contribution in [2.75, 3.05) is 65.0 Å². The van der Waals surface area contributed by atoms with Gasteiger partial charge in [-0.15, -0.1) is 0 Å². The van der Waals surface area contributed by atoms with Crippen LogP contribution in [-0.2, 0) is 37.1 Å². The molecular formula is C18H29N5O7S. The van der Waals surface area contributed by atoms with E-state index in [9.17, 15) is 18.0 Å². The van der Waals surface area contributed by atoms with E-state index >= 15 is 0 Å². The van der Waals surface area contributed by atoms with Gasteiger partial charge in [0.15, 0.2) is 15.5 Å². The van der Waals surface area contributed by atoms with Crippen molar-refractivity contribution in [3.63, 3.8) is 0 Å². The van der Waals surface area contributed by atoms with E-state index in [2.05, 4.69) is 15.1 Å². The van der Waals surface area contributed by atoms with Gasteiger partial charge in [0.1, 0.15) is 5.75 Å². The molecule has 1 aromatic heterocycles. The lowest BCUT2D eigenvalue weighted by Crippen LogP contribution is -2.49. The van der Waals surface area contributed by atoms with Crippen LogP contribution < -0.4 is 0 Å². The summed E-state index contributed by atoms with van der Waals surface area (Å²) >= 11 is 0. The standard InChI is InChI=1S/C17H27N5O5S.CH2O2/c1-27-10-9-20-5-7-21(8-6-20)17(24)16-13-3-4-22(11-14(13)18-19-16)15(23)12-28(2,25)26;2-1-3/h3-12H2,1-2H3,(H,18,19);1H,(H,2,3). The van der Waals surface area contributed by atoms with Crippen LogP contribution in [0, 0.1) is 0 Å². The number of hydrogen-bond acceptors (Lipinski definition) is 8. The minimum Gasteiger partial charge on any atom is -0.483 e. The van der Waals surface area contributed by atoms with Gasteiger partial charge in [-0.05, 0) is 6.42 Å². The number of carboxylic acid groups (broad SMARTS) is 1. The third-order valence-electron chi connectivity index (χ3n) is 5.15. The monoisotopic (exact) mass is 459 g/mol. The minimum atomic E-state index is -3.37. The number of H-pyrrole nitrogens is 1. The molecule has 2 amide bonds. The molecule has 0 spiro atoms. The number of carbonyl (C=O) groups is 3. The topological polar surface area (TPSA) is 153 Å². The Bertz CT molecular complexity index is 878. The molecular weight excluding hydrogens is 430 g/mol. The first-order valence-electron chi connectivity index (χ1n) is 9.80. The molecule has 2 aliphatic rings. The van der Waals surface area contributed by atoms with E-state index in [1.54, 1.807) is 12.0 Å². The van der Waals surface area contributed by atoms with Crippen molar-refractivity contribution in [1.82, 2.24) is 24.9 Å². The number of nitrogens with zero attached hydrogens (tertiary/aromatic N) is 4. The van der Waals surface area contributed by atoms with Crippen molar-refractivity contribution in [2.45, 2.75) is 13.0 Å². The zero-order chi connectivity index (χ0) is 23.0. The predicted molar refractivity (Wildman–Crippen MR) is 110 cm³/mol. The van der Waals surface area contributed by atoms with Gasteiger partial charge >= 0.3 is 0 Å². The Hall–Kier alpha value is -2.51. The molecule has 13 heteroatoms. The van der Waals surface area contributed by atoms with Gasteiger partial charge in [0.2, 0.25) is 5.91 Å². The molecule has 31 heavy (non-hydrogen) atoms. The van der Waals surface area contributed by atoms with Crippen LogP contribution in [0.1, 0.15) is 21.7 Å². The lowest BCUT2D eigenvalue weighted by molar-refractivity contribution is -0.129. The van der Waals surface area contributed by atoms with Crippen molar-refractivity contribution in [3.05, 3.63) is 17.0 Å². The summed E-state index contributed by atoms with van der Waals surface area (Å²) in [6.07, 6.45) is 1.53. The van der Waals surface area contributed by atoms with Crippen molar-refractivity contribution in [3.8, 4) is 0 Å². The van der Waals surface area contributed by atoms with E-state index in [-0.39, 0.29) is 18.9 Å². The predicted octanol–water partition coefficient (Wildman–Crippen LogP) is -1.56. The molecule has 0 aromatic carbocycles. The Balaban J connectivity index is 0.00000107. The van der Waals surface area contributed by atoms with Crippen LogP contribution in [0.15, 0.2) is 0 Å². The van der Waals surface area contributed by atoms with Gasteiger partial charge in [0.25, 0.3) is 12.4 Å². The second-order valence-corrected chi connectivity index (χ2v) is 9.54. The second kappa shape index (κ2) is 11.2. The van der Waals surface area contributed by atoms with Crippen LogP contribution in [-0.4, -0.2) is 122 Å². The molecule has 174 valence electrons. The largest absolute Gasteiger partial charge is 0.483 e. The minimum absolute atomic E-state index is 0.0974. The summed E-state index contributed by atoms with van der Waals surface area (Å²) in [6.45, 7) is 4.79. The van der Waals surface area contributed by atoms with E-state index in [0.29, 0.717) is 44.0 Å². The first-order valence-corrected chi connectivity index (χ1v) is 11.9. The van der Waals surface area contributed by atoms with Crippen molar-refractivity contribution >= 4 is 28.1 Å². The molecule has 12 nitrogen and oxygen atoms in total. The summed E-state index contributed by atoms with van der Waals surface area (Å²) in [7, 11) is -1.70. The van der Waals surface area contributed by atoms with Gasteiger partial charge in [-0.25, -0.2) is 8.42 Å². The average Bonchev–Trinajstić information content (AvgIpc) is 3.14. The molecule has 1 aromatic rings. The maximum Gasteiger partial charge on any atom is 0.290 e. The van der Waals surface area contributed by atoms with Crippen LogP contribution in [0.25, 0.3) is 0 Å². The van der Waals surface area contributed by atoms with E-state index in [0.717, 1.165) is 31.5 Å². The van der Waals surface area contributed by atoms with Gasteiger partial charge in [0.05, 0.1) is 18.8 Å². The lowest BCUT2D eigenvalue weighted by atomic mass is 10.0. The number of piperazine rings is 1. The van der Waals surface area contributed by atoms with E-state index < -0.39 is 21.5 Å². The van der Waals surface area contributed by atoms with E-state index in [1.807, 2.05) is 0 Å². The fraction of sp³-hybridized carbons (Fsp3) is 0.667. The average molecular weight is 460 g/mol. The number of rotatable bonds is 6. The molecule has 3 rings (SSSR count). The first kappa shape index (κ1) is 24.8. The maximum absolute atomic E-state index is 12.9. The molecule has 0 saturated carbocycles. The molecule has 0 radical (unpaired) electrons. The summed E-state index contributed by atoms with van der Waals surface area (Å²) in [4.78, 5) is 39.0. The van der Waals surface area contributed by atoms with E-state index in [4.69, 9.17) is 14.6 Å². The van der Waals surface area contributed by atoms with Crippen molar-refractivity contribution in [1.29, 1.82) is 0 Å². The summed E-state index contributed by atoms with van der Waals surface area (Å²) in [6, 6.07) is 0. The number of carbonyl (C=O) groups excluding carboxylic acids is 2. The van der Waals surface area contributed by atoms with Crippen LogP contribution in [0.3, 0.4) is 0 Å². The summed E-state index contributed by atoms with van der Waals surface area (Å²) in [5, 5.41) is 14.0. The SMILES string of the molecule is COCCN1CCN(C(=O)c2n[nH]c3c2CCN(C(=O)CS(C)(=O)=O)C3)CC1.O=CO. The number of sulfone groups is 1. The second-order valence-electron chi connectivity index (χ2n) is 7.40. The van der Waals surface area contributed by atoms with Crippen molar-refractivity contribution < 1.29 is 32.6 Å². The Kier molecular flexibility index (Phi) is 8.95.